The Morgan fingerprint density at radius 3 is 2.85 bits per heavy atom. The lowest BCUT2D eigenvalue weighted by Crippen LogP contribution is -2.34. The number of halogens is 1. The zero-order valence-corrected chi connectivity index (χ0v) is 11.8. The fourth-order valence-electron chi connectivity index (χ4n) is 2.69. The first-order valence-electron chi connectivity index (χ1n) is 6.82. The maximum atomic E-state index is 13.3. The van der Waals surface area contributed by atoms with E-state index in [2.05, 4.69) is 18.8 Å². The van der Waals surface area contributed by atoms with Crippen molar-refractivity contribution in [3.8, 4) is 11.8 Å². The van der Waals surface area contributed by atoms with Crippen LogP contribution in [0.2, 0.25) is 0 Å². The number of carbonyl (C=O) groups excluding carboxylic acids is 1. The number of hydrogen-bond donors (Lipinski definition) is 1. The summed E-state index contributed by atoms with van der Waals surface area (Å²) in [5.41, 5.74) is 6.20. The molecule has 1 amide bonds. The SMILES string of the molecule is CC1CC(C)N(C(=O)c2ccc(F)cc2C#CCN)C1. The van der Waals surface area contributed by atoms with Gasteiger partial charge < -0.3 is 10.6 Å². The Morgan fingerprint density at radius 1 is 1.50 bits per heavy atom. The van der Waals surface area contributed by atoms with Crippen LogP contribution in [0.4, 0.5) is 4.39 Å². The lowest BCUT2D eigenvalue weighted by Gasteiger charge is -2.22. The van der Waals surface area contributed by atoms with Gasteiger partial charge in [-0.1, -0.05) is 18.8 Å². The fourth-order valence-corrected chi connectivity index (χ4v) is 2.69. The van der Waals surface area contributed by atoms with Gasteiger partial charge in [0.05, 0.1) is 12.1 Å². The average molecular weight is 274 g/mol. The van der Waals surface area contributed by atoms with Gasteiger partial charge in [0, 0.05) is 18.2 Å². The highest BCUT2D eigenvalue weighted by Gasteiger charge is 2.31. The normalized spacial score (nSPS) is 21.5. The molecule has 1 aromatic rings. The van der Waals surface area contributed by atoms with E-state index < -0.39 is 5.82 Å². The van der Waals surface area contributed by atoms with E-state index in [0.29, 0.717) is 17.0 Å². The van der Waals surface area contributed by atoms with Gasteiger partial charge in [-0.05, 0) is 37.5 Å². The molecule has 106 valence electrons. The lowest BCUT2D eigenvalue weighted by molar-refractivity contribution is 0.0743. The topological polar surface area (TPSA) is 46.3 Å². The van der Waals surface area contributed by atoms with Crippen molar-refractivity contribution in [3.05, 3.63) is 35.1 Å². The molecule has 1 fully saturated rings. The number of likely N-dealkylation sites (tertiary alicyclic amines) is 1. The molecular formula is C16H19FN2O. The largest absolute Gasteiger partial charge is 0.336 e. The Kier molecular flexibility index (Phi) is 4.41. The van der Waals surface area contributed by atoms with E-state index in [0.717, 1.165) is 13.0 Å². The zero-order valence-electron chi connectivity index (χ0n) is 11.8. The summed E-state index contributed by atoms with van der Waals surface area (Å²) in [7, 11) is 0. The van der Waals surface area contributed by atoms with Crippen molar-refractivity contribution in [1.29, 1.82) is 0 Å². The van der Waals surface area contributed by atoms with Gasteiger partial charge >= 0.3 is 0 Å². The Labute approximate surface area is 119 Å². The summed E-state index contributed by atoms with van der Waals surface area (Å²) < 4.78 is 13.3. The van der Waals surface area contributed by atoms with Gasteiger partial charge in [0.15, 0.2) is 0 Å². The summed E-state index contributed by atoms with van der Waals surface area (Å²) in [5, 5.41) is 0. The maximum Gasteiger partial charge on any atom is 0.255 e. The predicted molar refractivity (Wildman–Crippen MR) is 76.6 cm³/mol. The van der Waals surface area contributed by atoms with Crippen molar-refractivity contribution in [2.45, 2.75) is 26.3 Å². The third kappa shape index (κ3) is 3.00. The molecule has 2 rings (SSSR count). The molecule has 1 aliphatic rings. The Hall–Kier alpha value is -1.86. The second-order valence-corrected chi connectivity index (χ2v) is 5.34. The van der Waals surface area contributed by atoms with Crippen LogP contribution in [0.15, 0.2) is 18.2 Å². The van der Waals surface area contributed by atoms with Gasteiger partial charge in [-0.3, -0.25) is 4.79 Å². The summed E-state index contributed by atoms with van der Waals surface area (Å²) in [6.07, 6.45) is 0.997. The van der Waals surface area contributed by atoms with Crippen molar-refractivity contribution < 1.29 is 9.18 Å². The molecule has 0 aliphatic carbocycles. The van der Waals surface area contributed by atoms with Crippen LogP contribution in [0.1, 0.15) is 36.2 Å². The minimum absolute atomic E-state index is 0.0804. The van der Waals surface area contributed by atoms with Crippen LogP contribution in [0, 0.1) is 23.6 Å². The lowest BCUT2D eigenvalue weighted by atomic mass is 10.1. The van der Waals surface area contributed by atoms with Crippen LogP contribution in [-0.4, -0.2) is 29.9 Å². The van der Waals surface area contributed by atoms with Crippen LogP contribution >= 0.6 is 0 Å². The van der Waals surface area contributed by atoms with Gasteiger partial charge in [0.2, 0.25) is 0 Å². The quantitative estimate of drug-likeness (QED) is 0.796. The van der Waals surface area contributed by atoms with E-state index in [-0.39, 0.29) is 18.5 Å². The van der Waals surface area contributed by atoms with Crippen molar-refractivity contribution >= 4 is 5.91 Å². The number of benzene rings is 1. The van der Waals surface area contributed by atoms with Crippen molar-refractivity contribution in [2.75, 3.05) is 13.1 Å². The van der Waals surface area contributed by atoms with Gasteiger partial charge in [0.1, 0.15) is 5.82 Å². The number of amides is 1. The van der Waals surface area contributed by atoms with E-state index >= 15 is 0 Å². The molecular weight excluding hydrogens is 255 g/mol. The zero-order chi connectivity index (χ0) is 14.7. The summed E-state index contributed by atoms with van der Waals surface area (Å²) in [6, 6.07) is 4.30. The average Bonchev–Trinajstić information content (AvgIpc) is 2.74. The maximum absolute atomic E-state index is 13.3. The minimum atomic E-state index is -0.397. The molecule has 2 N–H and O–H groups in total. The van der Waals surface area contributed by atoms with Crippen LogP contribution in [0.25, 0.3) is 0 Å². The highest BCUT2D eigenvalue weighted by molar-refractivity contribution is 5.97. The third-order valence-corrected chi connectivity index (χ3v) is 3.58. The minimum Gasteiger partial charge on any atom is -0.336 e. The van der Waals surface area contributed by atoms with E-state index in [1.165, 1.54) is 18.2 Å². The highest BCUT2D eigenvalue weighted by Crippen LogP contribution is 2.25. The molecule has 20 heavy (non-hydrogen) atoms. The standard InChI is InChI=1S/C16H19FN2O/c1-11-8-12(2)19(10-11)16(20)15-6-5-14(17)9-13(15)4-3-7-18/h5-6,9,11-12H,7-8,10,18H2,1-2H3. The monoisotopic (exact) mass is 274 g/mol. The van der Waals surface area contributed by atoms with Gasteiger partial charge in [-0.2, -0.15) is 0 Å². The molecule has 1 heterocycles. The summed E-state index contributed by atoms with van der Waals surface area (Å²) >= 11 is 0. The number of rotatable bonds is 1. The van der Waals surface area contributed by atoms with Crippen molar-refractivity contribution in [2.24, 2.45) is 11.7 Å². The molecule has 0 saturated carbocycles. The highest BCUT2D eigenvalue weighted by atomic mass is 19.1. The molecule has 0 spiro atoms. The Bertz CT molecular complexity index is 574. The molecule has 0 radical (unpaired) electrons. The number of hydrogen-bond acceptors (Lipinski definition) is 2. The number of carbonyl (C=O) groups is 1. The molecule has 4 heteroatoms. The van der Waals surface area contributed by atoms with Gasteiger partial charge in [-0.25, -0.2) is 4.39 Å². The first kappa shape index (κ1) is 14.5. The summed E-state index contributed by atoms with van der Waals surface area (Å²) in [6.45, 7) is 5.09. The van der Waals surface area contributed by atoms with Crippen molar-refractivity contribution in [1.82, 2.24) is 4.90 Å². The molecule has 0 aromatic heterocycles. The molecule has 3 nitrogen and oxygen atoms in total. The van der Waals surface area contributed by atoms with Crippen LogP contribution in [0.3, 0.4) is 0 Å². The smallest absolute Gasteiger partial charge is 0.255 e. The molecule has 1 aliphatic heterocycles. The number of nitrogens with zero attached hydrogens (tertiary/aromatic N) is 1. The number of nitrogens with two attached hydrogens (primary N) is 1. The molecule has 2 atom stereocenters. The van der Waals surface area contributed by atoms with Crippen LogP contribution in [0.5, 0.6) is 0 Å². The molecule has 1 aromatic carbocycles. The van der Waals surface area contributed by atoms with E-state index in [9.17, 15) is 9.18 Å². The van der Waals surface area contributed by atoms with Crippen LogP contribution < -0.4 is 5.73 Å². The Morgan fingerprint density at radius 2 is 2.25 bits per heavy atom. The predicted octanol–water partition coefficient (Wildman–Crippen LogP) is 2.01. The first-order chi connectivity index (χ1) is 9.52. The Balaban J connectivity index is 2.34. The van der Waals surface area contributed by atoms with E-state index in [1.807, 2.05) is 11.8 Å². The van der Waals surface area contributed by atoms with Gasteiger partial charge in [0.25, 0.3) is 5.91 Å². The second kappa shape index (κ2) is 6.06. The summed E-state index contributed by atoms with van der Waals surface area (Å²) in [4.78, 5) is 14.4. The van der Waals surface area contributed by atoms with E-state index in [1.54, 1.807) is 0 Å². The van der Waals surface area contributed by atoms with E-state index in [4.69, 9.17) is 5.73 Å². The molecule has 0 bridgehead atoms. The molecule has 1 saturated heterocycles. The molecule has 2 unspecified atom stereocenters. The summed E-state index contributed by atoms with van der Waals surface area (Å²) in [5.74, 6) is 5.48. The van der Waals surface area contributed by atoms with Gasteiger partial charge in [-0.15, -0.1) is 0 Å². The van der Waals surface area contributed by atoms with Crippen molar-refractivity contribution in [3.63, 3.8) is 0 Å². The second-order valence-electron chi connectivity index (χ2n) is 5.34. The third-order valence-electron chi connectivity index (χ3n) is 3.58. The van der Waals surface area contributed by atoms with Crippen LogP contribution in [-0.2, 0) is 0 Å². The fraction of sp³-hybridized carbons (Fsp3) is 0.438. The first-order valence-corrected chi connectivity index (χ1v) is 6.82.